The van der Waals surface area contributed by atoms with E-state index in [-0.39, 0.29) is 5.41 Å². The van der Waals surface area contributed by atoms with E-state index in [1.54, 1.807) is 0 Å². The summed E-state index contributed by atoms with van der Waals surface area (Å²) in [6, 6.07) is 44.8. The van der Waals surface area contributed by atoms with Crippen molar-refractivity contribution in [3.8, 4) is 56.0 Å². The van der Waals surface area contributed by atoms with Crippen molar-refractivity contribution in [3.05, 3.63) is 132 Å². The van der Waals surface area contributed by atoms with Crippen molar-refractivity contribution >= 4 is 10.8 Å². The van der Waals surface area contributed by atoms with E-state index >= 15 is 0 Å². The highest BCUT2D eigenvalue weighted by molar-refractivity contribution is 6.11. The maximum absolute atomic E-state index is 6.42. The van der Waals surface area contributed by atoms with Crippen LogP contribution in [0.3, 0.4) is 0 Å². The number of fused-ring (bicyclic) bond motifs is 7. The van der Waals surface area contributed by atoms with Gasteiger partial charge in [0.1, 0.15) is 11.5 Å². The molecule has 0 N–H and O–H groups in total. The van der Waals surface area contributed by atoms with Gasteiger partial charge in [-0.1, -0.05) is 128 Å². The van der Waals surface area contributed by atoms with Crippen LogP contribution >= 0.6 is 0 Å². The highest BCUT2D eigenvalue weighted by Crippen LogP contribution is 2.58. The van der Waals surface area contributed by atoms with Gasteiger partial charge in [-0.25, -0.2) is 0 Å². The fourth-order valence-corrected chi connectivity index (χ4v) is 8.19. The van der Waals surface area contributed by atoms with Crippen molar-refractivity contribution in [2.45, 2.75) is 37.5 Å². The molecule has 0 saturated heterocycles. The van der Waals surface area contributed by atoms with Crippen LogP contribution in [-0.4, -0.2) is 0 Å². The fourth-order valence-electron chi connectivity index (χ4n) is 8.19. The third-order valence-corrected chi connectivity index (χ3v) is 9.91. The Morgan fingerprint density at radius 2 is 1.05 bits per heavy atom. The lowest BCUT2D eigenvalue weighted by Gasteiger charge is -2.36. The molecule has 41 heavy (non-hydrogen) atoms. The van der Waals surface area contributed by atoms with E-state index in [2.05, 4.69) is 115 Å². The quantitative estimate of drug-likeness (QED) is 0.218. The lowest BCUT2D eigenvalue weighted by atomic mass is 9.67. The molecule has 9 rings (SSSR count). The number of rotatable bonds is 2. The van der Waals surface area contributed by atoms with Crippen LogP contribution < -0.4 is 4.74 Å². The van der Waals surface area contributed by atoms with Gasteiger partial charge in [0.2, 0.25) is 0 Å². The Morgan fingerprint density at radius 3 is 1.90 bits per heavy atom. The van der Waals surface area contributed by atoms with Gasteiger partial charge in [0.25, 0.3) is 0 Å². The average Bonchev–Trinajstić information content (AvgIpc) is 3.31. The number of para-hydroxylation sites is 1. The van der Waals surface area contributed by atoms with Gasteiger partial charge >= 0.3 is 0 Å². The second-order valence-corrected chi connectivity index (χ2v) is 11.9. The van der Waals surface area contributed by atoms with Crippen molar-refractivity contribution in [2.24, 2.45) is 0 Å². The standard InChI is InChI=1S/C40H30O/c1-8-24-40(25-9-1)34-19-6-4-15-33(34)38-30(18-11-20-35(38)40)27-13-3-2-12-26(27)28-22-23-37-39-31(28)16-10-17-32(39)29-14-5-7-21-36(29)41-37/h2-7,10-23H,1,8-9,24-25H2. The van der Waals surface area contributed by atoms with Crippen molar-refractivity contribution in [1.82, 2.24) is 0 Å². The van der Waals surface area contributed by atoms with Gasteiger partial charge in [-0.15, -0.1) is 0 Å². The summed E-state index contributed by atoms with van der Waals surface area (Å²) < 4.78 is 6.42. The minimum absolute atomic E-state index is 0.153. The first-order chi connectivity index (χ1) is 20.3. The zero-order valence-corrected chi connectivity index (χ0v) is 23.0. The maximum atomic E-state index is 6.42. The third kappa shape index (κ3) is 3.18. The monoisotopic (exact) mass is 526 g/mol. The van der Waals surface area contributed by atoms with E-state index in [4.69, 9.17) is 4.74 Å². The van der Waals surface area contributed by atoms with Crippen LogP contribution in [-0.2, 0) is 5.41 Å². The van der Waals surface area contributed by atoms with E-state index in [1.807, 2.05) is 6.07 Å². The van der Waals surface area contributed by atoms with E-state index in [1.165, 1.54) is 92.9 Å². The van der Waals surface area contributed by atoms with E-state index in [0.29, 0.717) is 0 Å². The van der Waals surface area contributed by atoms with Crippen molar-refractivity contribution in [3.63, 3.8) is 0 Å². The minimum Gasteiger partial charge on any atom is -0.456 e. The molecule has 196 valence electrons. The SMILES string of the molecule is c1ccc2c(c1)Oc1ccc(-c3ccccc3-c3cccc4c3-c3ccccc3C43CCCCC3)c3cccc-2c13. The number of benzene rings is 6. The van der Waals surface area contributed by atoms with Crippen molar-refractivity contribution in [2.75, 3.05) is 0 Å². The molecule has 1 fully saturated rings. The van der Waals surface area contributed by atoms with E-state index in [0.717, 1.165) is 17.1 Å². The second kappa shape index (κ2) is 8.69. The Balaban J connectivity index is 1.29. The summed E-state index contributed by atoms with van der Waals surface area (Å²) in [6.07, 6.45) is 6.46. The lowest BCUT2D eigenvalue weighted by molar-refractivity contribution is 0.353. The summed E-state index contributed by atoms with van der Waals surface area (Å²) in [5.41, 5.74) is 13.7. The molecular weight excluding hydrogens is 496 g/mol. The predicted molar refractivity (Wildman–Crippen MR) is 170 cm³/mol. The largest absolute Gasteiger partial charge is 0.456 e. The number of ether oxygens (including phenoxy) is 1. The predicted octanol–water partition coefficient (Wildman–Crippen LogP) is 11.2. The summed E-state index contributed by atoms with van der Waals surface area (Å²) in [6.45, 7) is 0. The first-order valence-electron chi connectivity index (χ1n) is 15.0. The van der Waals surface area contributed by atoms with Crippen LogP contribution in [0.2, 0.25) is 0 Å². The van der Waals surface area contributed by atoms with E-state index < -0.39 is 0 Å². The highest BCUT2D eigenvalue weighted by Gasteiger charge is 2.44. The van der Waals surface area contributed by atoms with Gasteiger partial charge in [-0.2, -0.15) is 0 Å². The van der Waals surface area contributed by atoms with E-state index in [9.17, 15) is 0 Å². The molecule has 0 radical (unpaired) electrons. The molecule has 0 aromatic heterocycles. The molecule has 1 saturated carbocycles. The Hall–Kier alpha value is -4.62. The summed E-state index contributed by atoms with van der Waals surface area (Å²) >= 11 is 0. The summed E-state index contributed by atoms with van der Waals surface area (Å²) in [5.74, 6) is 1.86. The molecule has 1 spiro atoms. The normalized spacial score (nSPS) is 15.7. The minimum atomic E-state index is 0.153. The smallest absolute Gasteiger partial charge is 0.135 e. The van der Waals surface area contributed by atoms with Gasteiger partial charge in [0.15, 0.2) is 0 Å². The first kappa shape index (κ1) is 23.1. The van der Waals surface area contributed by atoms with Crippen LogP contribution in [0.25, 0.3) is 55.3 Å². The molecule has 1 nitrogen and oxygen atoms in total. The Bertz CT molecular complexity index is 2010. The van der Waals surface area contributed by atoms with Crippen LogP contribution in [0.1, 0.15) is 43.2 Å². The Labute approximate surface area is 241 Å². The molecule has 1 heterocycles. The molecular formula is C40H30O. The van der Waals surface area contributed by atoms with Gasteiger partial charge < -0.3 is 4.74 Å². The topological polar surface area (TPSA) is 9.23 Å². The summed E-state index contributed by atoms with van der Waals surface area (Å²) in [5, 5.41) is 2.43. The zero-order valence-electron chi connectivity index (χ0n) is 23.0. The third-order valence-electron chi connectivity index (χ3n) is 9.91. The zero-order chi connectivity index (χ0) is 27.0. The van der Waals surface area contributed by atoms with Crippen LogP contribution in [0.15, 0.2) is 121 Å². The fraction of sp³-hybridized carbons (Fsp3) is 0.150. The number of hydrogen-bond acceptors (Lipinski definition) is 1. The lowest BCUT2D eigenvalue weighted by Crippen LogP contribution is -2.27. The second-order valence-electron chi connectivity index (χ2n) is 11.9. The Kier molecular flexibility index (Phi) is 4.90. The molecule has 3 aliphatic rings. The molecule has 0 unspecified atom stereocenters. The molecule has 6 aromatic rings. The summed E-state index contributed by atoms with van der Waals surface area (Å²) in [4.78, 5) is 0. The molecule has 0 atom stereocenters. The average molecular weight is 527 g/mol. The highest BCUT2D eigenvalue weighted by atomic mass is 16.5. The maximum Gasteiger partial charge on any atom is 0.135 e. The first-order valence-corrected chi connectivity index (χ1v) is 15.0. The molecule has 0 amide bonds. The Morgan fingerprint density at radius 1 is 0.415 bits per heavy atom. The van der Waals surface area contributed by atoms with Gasteiger partial charge in [0.05, 0.1) is 0 Å². The van der Waals surface area contributed by atoms with Crippen LogP contribution in [0.4, 0.5) is 0 Å². The van der Waals surface area contributed by atoms with Gasteiger partial charge in [-0.05, 0) is 80.4 Å². The van der Waals surface area contributed by atoms with Crippen molar-refractivity contribution in [1.29, 1.82) is 0 Å². The molecule has 1 aliphatic heterocycles. The molecule has 1 heteroatoms. The summed E-state index contributed by atoms with van der Waals surface area (Å²) in [7, 11) is 0. The molecule has 6 aromatic carbocycles. The molecule has 2 aliphatic carbocycles. The molecule has 0 bridgehead atoms. The van der Waals surface area contributed by atoms with Crippen molar-refractivity contribution < 1.29 is 4.74 Å². The van der Waals surface area contributed by atoms with Crippen LogP contribution in [0, 0.1) is 0 Å². The van der Waals surface area contributed by atoms with Gasteiger partial charge in [-0.3, -0.25) is 0 Å². The number of hydrogen-bond donors (Lipinski definition) is 0. The van der Waals surface area contributed by atoms with Gasteiger partial charge in [0, 0.05) is 16.4 Å². The van der Waals surface area contributed by atoms with Crippen LogP contribution in [0.5, 0.6) is 11.5 Å².